The SMILES string of the molecule is C[C@H](Oc1cccc2c1CCCC2)C(=O)N1CCN(Cc2ccc3c(c2)OCO3)CC1. The summed E-state index contributed by atoms with van der Waals surface area (Å²) in [6, 6.07) is 12.4. The molecule has 2 aromatic carbocycles. The summed E-state index contributed by atoms with van der Waals surface area (Å²) in [5.74, 6) is 2.60. The molecule has 31 heavy (non-hydrogen) atoms. The molecule has 1 atom stereocenters. The van der Waals surface area contributed by atoms with E-state index < -0.39 is 6.10 Å². The first-order chi connectivity index (χ1) is 15.2. The summed E-state index contributed by atoms with van der Waals surface area (Å²) >= 11 is 0. The number of carbonyl (C=O) groups is 1. The van der Waals surface area contributed by atoms with Crippen molar-refractivity contribution in [2.75, 3.05) is 33.0 Å². The molecule has 2 aliphatic heterocycles. The van der Waals surface area contributed by atoms with E-state index in [1.54, 1.807) is 0 Å². The van der Waals surface area contributed by atoms with Crippen molar-refractivity contribution < 1.29 is 19.0 Å². The zero-order valence-electron chi connectivity index (χ0n) is 18.1. The van der Waals surface area contributed by atoms with Gasteiger partial charge in [-0.3, -0.25) is 9.69 Å². The molecule has 0 N–H and O–H groups in total. The highest BCUT2D eigenvalue weighted by molar-refractivity contribution is 5.81. The van der Waals surface area contributed by atoms with Gasteiger partial charge in [0.2, 0.25) is 6.79 Å². The molecule has 5 rings (SSSR count). The van der Waals surface area contributed by atoms with E-state index in [-0.39, 0.29) is 5.91 Å². The Labute approximate surface area is 183 Å². The van der Waals surface area contributed by atoms with Crippen LogP contribution in [0.4, 0.5) is 0 Å². The van der Waals surface area contributed by atoms with Crippen LogP contribution in [0.3, 0.4) is 0 Å². The van der Waals surface area contributed by atoms with Crippen LogP contribution in [0.5, 0.6) is 17.2 Å². The quantitative estimate of drug-likeness (QED) is 0.739. The maximum Gasteiger partial charge on any atom is 0.263 e. The van der Waals surface area contributed by atoms with Crippen molar-refractivity contribution in [2.45, 2.75) is 45.3 Å². The predicted octanol–water partition coefficient (Wildman–Crippen LogP) is 3.41. The third-order valence-corrected chi connectivity index (χ3v) is 6.53. The number of hydrogen-bond acceptors (Lipinski definition) is 5. The highest BCUT2D eigenvalue weighted by Crippen LogP contribution is 2.33. The molecule has 3 aliphatic rings. The molecule has 0 aromatic heterocycles. The van der Waals surface area contributed by atoms with Crippen LogP contribution in [0.1, 0.15) is 36.5 Å². The summed E-state index contributed by atoms with van der Waals surface area (Å²) < 4.78 is 17.0. The third kappa shape index (κ3) is 4.35. The van der Waals surface area contributed by atoms with Crippen LogP contribution < -0.4 is 14.2 Å². The van der Waals surface area contributed by atoms with Gasteiger partial charge in [-0.05, 0) is 67.5 Å². The van der Waals surface area contributed by atoms with E-state index in [2.05, 4.69) is 23.1 Å². The molecule has 6 heteroatoms. The molecule has 0 spiro atoms. The first-order valence-electron chi connectivity index (χ1n) is 11.3. The first kappa shape index (κ1) is 20.2. The minimum Gasteiger partial charge on any atom is -0.481 e. The highest BCUT2D eigenvalue weighted by atomic mass is 16.7. The fourth-order valence-corrected chi connectivity index (χ4v) is 4.78. The molecule has 1 aliphatic carbocycles. The lowest BCUT2D eigenvalue weighted by Gasteiger charge is -2.36. The van der Waals surface area contributed by atoms with Crippen LogP contribution in [0.2, 0.25) is 0 Å². The van der Waals surface area contributed by atoms with Gasteiger partial charge in [0.15, 0.2) is 17.6 Å². The molecule has 0 unspecified atom stereocenters. The molecule has 6 nitrogen and oxygen atoms in total. The summed E-state index contributed by atoms with van der Waals surface area (Å²) in [4.78, 5) is 17.3. The minimum absolute atomic E-state index is 0.0798. The van der Waals surface area contributed by atoms with Crippen molar-refractivity contribution in [2.24, 2.45) is 0 Å². The Morgan fingerprint density at radius 3 is 2.71 bits per heavy atom. The second-order valence-corrected chi connectivity index (χ2v) is 8.65. The van der Waals surface area contributed by atoms with Gasteiger partial charge in [-0.15, -0.1) is 0 Å². The Morgan fingerprint density at radius 2 is 1.84 bits per heavy atom. The van der Waals surface area contributed by atoms with E-state index in [1.165, 1.54) is 29.5 Å². The zero-order valence-corrected chi connectivity index (χ0v) is 18.1. The van der Waals surface area contributed by atoms with Gasteiger partial charge in [0, 0.05) is 32.7 Å². The van der Waals surface area contributed by atoms with E-state index in [9.17, 15) is 4.79 Å². The molecule has 0 radical (unpaired) electrons. The minimum atomic E-state index is -0.464. The number of piperazine rings is 1. The average Bonchev–Trinajstić information content (AvgIpc) is 3.27. The van der Waals surface area contributed by atoms with Crippen LogP contribution in [0, 0.1) is 0 Å². The summed E-state index contributed by atoms with van der Waals surface area (Å²) in [7, 11) is 0. The van der Waals surface area contributed by atoms with E-state index in [0.29, 0.717) is 6.79 Å². The van der Waals surface area contributed by atoms with Gasteiger partial charge in [0.1, 0.15) is 5.75 Å². The van der Waals surface area contributed by atoms with Crippen molar-refractivity contribution in [1.29, 1.82) is 0 Å². The number of benzene rings is 2. The van der Waals surface area contributed by atoms with E-state index in [1.807, 2.05) is 30.0 Å². The van der Waals surface area contributed by atoms with Gasteiger partial charge in [0.25, 0.3) is 5.91 Å². The van der Waals surface area contributed by atoms with Crippen molar-refractivity contribution in [1.82, 2.24) is 9.80 Å². The molecule has 0 saturated carbocycles. The van der Waals surface area contributed by atoms with Crippen molar-refractivity contribution >= 4 is 5.91 Å². The molecule has 0 bridgehead atoms. The number of ether oxygens (including phenoxy) is 3. The summed E-state index contributed by atoms with van der Waals surface area (Å²) in [6.07, 6.45) is 4.13. The number of hydrogen-bond donors (Lipinski definition) is 0. The Hall–Kier alpha value is -2.73. The van der Waals surface area contributed by atoms with Crippen LogP contribution in [0.25, 0.3) is 0 Å². The van der Waals surface area contributed by atoms with Crippen LogP contribution in [0.15, 0.2) is 36.4 Å². The molecule has 1 fully saturated rings. The summed E-state index contributed by atoms with van der Waals surface area (Å²) in [5, 5.41) is 0. The lowest BCUT2D eigenvalue weighted by atomic mass is 9.91. The zero-order chi connectivity index (χ0) is 21.2. The van der Waals surface area contributed by atoms with Gasteiger partial charge < -0.3 is 19.1 Å². The van der Waals surface area contributed by atoms with Crippen LogP contribution in [-0.2, 0) is 24.2 Å². The predicted molar refractivity (Wildman–Crippen MR) is 118 cm³/mol. The number of rotatable bonds is 5. The molecule has 2 aromatic rings. The number of aryl methyl sites for hydroxylation is 1. The summed E-state index contributed by atoms with van der Waals surface area (Å²) in [5.41, 5.74) is 3.87. The number of carbonyl (C=O) groups excluding carboxylic acids is 1. The maximum absolute atomic E-state index is 13.0. The monoisotopic (exact) mass is 422 g/mol. The third-order valence-electron chi connectivity index (χ3n) is 6.53. The van der Waals surface area contributed by atoms with Crippen LogP contribution >= 0.6 is 0 Å². The normalized spacial score (nSPS) is 19.1. The largest absolute Gasteiger partial charge is 0.481 e. The smallest absolute Gasteiger partial charge is 0.263 e. The number of amides is 1. The van der Waals surface area contributed by atoms with Gasteiger partial charge >= 0.3 is 0 Å². The lowest BCUT2D eigenvalue weighted by molar-refractivity contribution is -0.139. The lowest BCUT2D eigenvalue weighted by Crippen LogP contribution is -2.51. The summed E-state index contributed by atoms with van der Waals surface area (Å²) in [6.45, 7) is 6.19. The van der Waals surface area contributed by atoms with Crippen LogP contribution in [-0.4, -0.2) is 54.8 Å². The molecule has 2 heterocycles. The highest BCUT2D eigenvalue weighted by Gasteiger charge is 2.27. The van der Waals surface area contributed by atoms with Gasteiger partial charge in [-0.1, -0.05) is 18.2 Å². The number of nitrogens with zero attached hydrogens (tertiary/aromatic N) is 2. The van der Waals surface area contributed by atoms with Gasteiger partial charge in [-0.2, -0.15) is 0 Å². The van der Waals surface area contributed by atoms with Crippen molar-refractivity contribution in [3.63, 3.8) is 0 Å². The fourth-order valence-electron chi connectivity index (χ4n) is 4.78. The molecule has 164 valence electrons. The Bertz CT molecular complexity index is 953. The van der Waals surface area contributed by atoms with E-state index in [4.69, 9.17) is 14.2 Å². The second-order valence-electron chi connectivity index (χ2n) is 8.65. The Kier molecular flexibility index (Phi) is 5.72. The standard InChI is InChI=1S/C25H30N2O4/c1-18(31-22-8-4-6-20-5-2-3-7-21(20)22)25(28)27-13-11-26(12-14-27)16-19-9-10-23-24(15-19)30-17-29-23/h4,6,8-10,15,18H,2-3,5,7,11-14,16-17H2,1H3/t18-/m0/s1. The first-order valence-corrected chi connectivity index (χ1v) is 11.3. The van der Waals surface area contributed by atoms with E-state index in [0.717, 1.165) is 62.8 Å². The fraction of sp³-hybridized carbons (Fsp3) is 0.480. The Balaban J connectivity index is 1.15. The van der Waals surface area contributed by atoms with Gasteiger partial charge in [-0.25, -0.2) is 0 Å². The van der Waals surface area contributed by atoms with Crippen molar-refractivity contribution in [3.05, 3.63) is 53.1 Å². The Morgan fingerprint density at radius 1 is 1.03 bits per heavy atom. The molecule has 1 saturated heterocycles. The van der Waals surface area contributed by atoms with E-state index >= 15 is 0 Å². The molecular formula is C25H30N2O4. The topological polar surface area (TPSA) is 51.2 Å². The molecule has 1 amide bonds. The average molecular weight is 423 g/mol. The van der Waals surface area contributed by atoms with Gasteiger partial charge in [0.05, 0.1) is 0 Å². The molecular weight excluding hydrogens is 392 g/mol. The maximum atomic E-state index is 13.0. The second kappa shape index (κ2) is 8.79. The van der Waals surface area contributed by atoms with Crippen molar-refractivity contribution in [3.8, 4) is 17.2 Å². The number of fused-ring (bicyclic) bond motifs is 2.